The van der Waals surface area contributed by atoms with E-state index in [2.05, 4.69) is 0 Å². The summed E-state index contributed by atoms with van der Waals surface area (Å²) in [5.41, 5.74) is 0. The van der Waals surface area contributed by atoms with Gasteiger partial charge in [-0.25, -0.2) is 13.2 Å². The monoisotopic (exact) mass is 249 g/mol. The Bertz CT molecular complexity index is 416. The van der Waals surface area contributed by atoms with E-state index in [1.165, 1.54) is 6.92 Å². The number of carbonyl (C=O) groups is 2. The van der Waals surface area contributed by atoms with Gasteiger partial charge in [-0.3, -0.25) is 4.79 Å². The second-order valence-electron chi connectivity index (χ2n) is 3.86. The first-order chi connectivity index (χ1) is 7.27. The minimum Gasteiger partial charge on any atom is -0.479 e. The van der Waals surface area contributed by atoms with Gasteiger partial charge in [0.25, 0.3) is 0 Å². The van der Waals surface area contributed by atoms with Gasteiger partial charge in [-0.15, -0.1) is 0 Å². The van der Waals surface area contributed by atoms with Gasteiger partial charge in [0.05, 0.1) is 0 Å². The summed E-state index contributed by atoms with van der Waals surface area (Å²) in [4.78, 5) is 21.7. The summed E-state index contributed by atoms with van der Waals surface area (Å²) in [5, 5.41) is 9.16. The Hall–Kier alpha value is -1.11. The van der Waals surface area contributed by atoms with Gasteiger partial charge in [-0.05, 0) is 12.8 Å². The van der Waals surface area contributed by atoms with Crippen molar-refractivity contribution in [2.45, 2.75) is 31.1 Å². The zero-order valence-corrected chi connectivity index (χ0v) is 10.1. The molecule has 1 heterocycles. The topological polar surface area (TPSA) is 91.8 Å². The summed E-state index contributed by atoms with van der Waals surface area (Å²) < 4.78 is 23.4. The number of sulfone groups is 1. The average Bonchev–Trinajstić information content (AvgIpc) is 2.51. The number of carboxylic acids is 1. The number of aliphatic carboxylic acids is 1. The minimum atomic E-state index is -3.89. The van der Waals surface area contributed by atoms with Crippen molar-refractivity contribution >= 4 is 21.7 Å². The summed E-state index contributed by atoms with van der Waals surface area (Å²) in [5.74, 6) is -1.89. The number of hydrogen-bond donors (Lipinski definition) is 1. The van der Waals surface area contributed by atoms with Crippen LogP contribution >= 0.6 is 0 Å². The summed E-state index contributed by atoms with van der Waals surface area (Å²) in [7, 11) is -3.89. The third-order valence-electron chi connectivity index (χ3n) is 2.94. The summed E-state index contributed by atoms with van der Waals surface area (Å²) in [6, 6.07) is 0. The lowest BCUT2D eigenvalue weighted by Crippen LogP contribution is -2.59. The molecule has 92 valence electrons. The summed E-state index contributed by atoms with van der Waals surface area (Å²) in [6.07, 6.45) is 1.43. The molecule has 6 nitrogen and oxygen atoms in total. The van der Waals surface area contributed by atoms with E-state index in [9.17, 15) is 18.0 Å². The first-order valence-corrected chi connectivity index (χ1v) is 6.90. The Morgan fingerprint density at radius 2 is 2.12 bits per heavy atom. The SMILES string of the molecule is CCC(C(=O)O)(N1CCCC1=O)S(C)(=O)=O. The van der Waals surface area contributed by atoms with Crippen molar-refractivity contribution in [3.05, 3.63) is 0 Å². The molecule has 1 aliphatic rings. The van der Waals surface area contributed by atoms with Gasteiger partial charge in [0.2, 0.25) is 10.8 Å². The van der Waals surface area contributed by atoms with Crippen LogP contribution in [-0.2, 0) is 19.4 Å². The van der Waals surface area contributed by atoms with Crippen molar-refractivity contribution in [2.75, 3.05) is 12.8 Å². The predicted octanol–water partition coefficient (Wildman–Crippen LogP) is -0.156. The van der Waals surface area contributed by atoms with Crippen molar-refractivity contribution in [3.8, 4) is 0 Å². The lowest BCUT2D eigenvalue weighted by atomic mass is 10.2. The van der Waals surface area contributed by atoms with Gasteiger partial charge in [-0.2, -0.15) is 0 Å². The fourth-order valence-electron chi connectivity index (χ4n) is 2.11. The van der Waals surface area contributed by atoms with Crippen LogP contribution in [0.25, 0.3) is 0 Å². The van der Waals surface area contributed by atoms with Crippen molar-refractivity contribution in [1.29, 1.82) is 0 Å². The molecule has 1 rings (SSSR count). The molecule has 0 aliphatic carbocycles. The highest BCUT2D eigenvalue weighted by molar-refractivity contribution is 7.92. The van der Waals surface area contributed by atoms with Crippen LogP contribution in [-0.4, -0.2) is 48.0 Å². The van der Waals surface area contributed by atoms with Crippen molar-refractivity contribution in [3.63, 3.8) is 0 Å². The van der Waals surface area contributed by atoms with E-state index in [0.717, 1.165) is 11.2 Å². The second-order valence-corrected chi connectivity index (χ2v) is 6.08. The molecule has 0 aromatic heterocycles. The molecule has 16 heavy (non-hydrogen) atoms. The van der Waals surface area contributed by atoms with E-state index in [1.54, 1.807) is 0 Å². The van der Waals surface area contributed by atoms with E-state index < -0.39 is 26.6 Å². The third kappa shape index (κ3) is 1.68. The molecule has 1 fully saturated rings. The average molecular weight is 249 g/mol. The molecule has 1 N–H and O–H groups in total. The molecular weight excluding hydrogens is 234 g/mol. The lowest BCUT2D eigenvalue weighted by molar-refractivity contribution is -0.151. The smallest absolute Gasteiger partial charge is 0.345 e. The van der Waals surface area contributed by atoms with E-state index >= 15 is 0 Å². The maximum Gasteiger partial charge on any atom is 0.345 e. The van der Waals surface area contributed by atoms with Gasteiger partial charge in [0.1, 0.15) is 0 Å². The molecule has 1 saturated heterocycles. The van der Waals surface area contributed by atoms with Gasteiger partial charge in [0, 0.05) is 19.2 Å². The predicted molar refractivity (Wildman–Crippen MR) is 56.4 cm³/mol. The summed E-state index contributed by atoms with van der Waals surface area (Å²) in [6.45, 7) is 1.65. The highest BCUT2D eigenvalue weighted by atomic mass is 32.2. The first kappa shape index (κ1) is 13.0. The number of carbonyl (C=O) groups excluding carboxylic acids is 1. The highest BCUT2D eigenvalue weighted by Gasteiger charge is 2.54. The van der Waals surface area contributed by atoms with E-state index in [1.807, 2.05) is 0 Å². The second kappa shape index (κ2) is 4.04. The number of amides is 1. The zero-order chi connectivity index (χ0) is 12.6. The standard InChI is InChI=1S/C9H15NO5S/c1-3-9(8(12)13,16(2,14)15)10-6-4-5-7(10)11/h3-6H2,1-2H3,(H,12,13). The van der Waals surface area contributed by atoms with Crippen LogP contribution < -0.4 is 0 Å². The van der Waals surface area contributed by atoms with E-state index in [4.69, 9.17) is 5.11 Å². The van der Waals surface area contributed by atoms with Crippen LogP contribution in [0.2, 0.25) is 0 Å². The van der Waals surface area contributed by atoms with Gasteiger partial charge >= 0.3 is 5.97 Å². The van der Waals surface area contributed by atoms with Crippen molar-refractivity contribution < 1.29 is 23.1 Å². The maximum atomic E-state index is 11.7. The number of hydrogen-bond acceptors (Lipinski definition) is 4. The Morgan fingerprint density at radius 1 is 1.56 bits per heavy atom. The molecule has 0 spiro atoms. The number of nitrogens with zero attached hydrogens (tertiary/aromatic N) is 1. The molecule has 0 bridgehead atoms. The third-order valence-corrected chi connectivity index (χ3v) is 4.85. The first-order valence-electron chi connectivity index (χ1n) is 5.01. The molecule has 0 aromatic carbocycles. The minimum absolute atomic E-state index is 0.146. The fourth-order valence-corrected chi connectivity index (χ4v) is 3.54. The molecule has 1 aliphatic heterocycles. The van der Waals surface area contributed by atoms with Crippen LogP contribution in [0.5, 0.6) is 0 Å². The Morgan fingerprint density at radius 3 is 2.38 bits per heavy atom. The number of likely N-dealkylation sites (tertiary alicyclic amines) is 1. The Labute approximate surface area is 94.2 Å². The summed E-state index contributed by atoms with van der Waals surface area (Å²) >= 11 is 0. The fraction of sp³-hybridized carbons (Fsp3) is 0.778. The van der Waals surface area contributed by atoms with Crippen LogP contribution in [0.4, 0.5) is 0 Å². The van der Waals surface area contributed by atoms with E-state index in [0.29, 0.717) is 6.42 Å². The number of carboxylic acid groups (broad SMARTS) is 1. The van der Waals surface area contributed by atoms with Gasteiger partial charge in [-0.1, -0.05) is 6.92 Å². The van der Waals surface area contributed by atoms with Crippen LogP contribution in [0, 0.1) is 0 Å². The van der Waals surface area contributed by atoms with Crippen molar-refractivity contribution in [1.82, 2.24) is 4.90 Å². The largest absolute Gasteiger partial charge is 0.479 e. The van der Waals surface area contributed by atoms with E-state index in [-0.39, 0.29) is 19.4 Å². The quantitative estimate of drug-likeness (QED) is 0.747. The van der Waals surface area contributed by atoms with Crippen LogP contribution in [0.15, 0.2) is 0 Å². The van der Waals surface area contributed by atoms with Crippen LogP contribution in [0.3, 0.4) is 0 Å². The van der Waals surface area contributed by atoms with Crippen LogP contribution in [0.1, 0.15) is 26.2 Å². The molecule has 7 heteroatoms. The maximum absolute atomic E-state index is 11.7. The molecule has 1 unspecified atom stereocenters. The molecule has 0 radical (unpaired) electrons. The van der Waals surface area contributed by atoms with Crippen molar-refractivity contribution in [2.24, 2.45) is 0 Å². The van der Waals surface area contributed by atoms with Gasteiger partial charge < -0.3 is 10.0 Å². The highest BCUT2D eigenvalue weighted by Crippen LogP contribution is 2.31. The molecular formula is C9H15NO5S. The molecule has 1 amide bonds. The molecule has 1 atom stereocenters. The van der Waals surface area contributed by atoms with Gasteiger partial charge in [0.15, 0.2) is 9.84 Å². The lowest BCUT2D eigenvalue weighted by Gasteiger charge is -2.35. The number of rotatable bonds is 4. The zero-order valence-electron chi connectivity index (χ0n) is 9.26. The Kier molecular flexibility index (Phi) is 3.27. The Balaban J connectivity index is 3.34. The normalized spacial score (nSPS) is 20.9. The molecule has 0 aromatic rings. The molecule has 0 saturated carbocycles.